The highest BCUT2D eigenvalue weighted by Crippen LogP contribution is 2.40. The van der Waals surface area contributed by atoms with Crippen LogP contribution in [-0.4, -0.2) is 61.8 Å². The molecule has 0 bridgehead atoms. The molecule has 0 aromatic carbocycles. The summed E-state index contributed by atoms with van der Waals surface area (Å²) in [6.45, 7) is 18.7. The molecular formula is C21H38N2O5Si. The van der Waals surface area contributed by atoms with E-state index in [1.165, 1.54) is 4.90 Å². The molecule has 7 nitrogen and oxygen atoms in total. The van der Waals surface area contributed by atoms with Gasteiger partial charge in [0.05, 0.1) is 24.6 Å². The molecule has 0 radical (unpaired) electrons. The van der Waals surface area contributed by atoms with E-state index in [0.29, 0.717) is 13.0 Å². The summed E-state index contributed by atoms with van der Waals surface area (Å²) in [6.07, 6.45) is -0.189. The molecule has 8 heteroatoms. The number of amides is 2. The fourth-order valence-corrected chi connectivity index (χ4v) is 5.12. The Kier molecular flexibility index (Phi) is 6.60. The van der Waals surface area contributed by atoms with Crippen LogP contribution in [0.4, 0.5) is 4.79 Å². The number of ketones is 1. The molecule has 0 aromatic heterocycles. The van der Waals surface area contributed by atoms with Gasteiger partial charge in [-0.2, -0.15) is 0 Å². The van der Waals surface area contributed by atoms with Gasteiger partial charge in [-0.25, -0.2) is 4.79 Å². The third-order valence-electron chi connectivity index (χ3n) is 6.35. The minimum Gasteiger partial charge on any atom is -0.444 e. The van der Waals surface area contributed by atoms with Gasteiger partial charge in [-0.15, -0.1) is 0 Å². The SMILES string of the molecule is C[C@@H](O[Si](C)(C)C(C)(C)C)[C@H]1C(=O)N[C@H]1[C@H]1CCN(C(=O)OC(C)(C)C)CC1=O. The van der Waals surface area contributed by atoms with Crippen molar-refractivity contribution in [3.05, 3.63) is 0 Å². The van der Waals surface area contributed by atoms with E-state index in [4.69, 9.17) is 9.16 Å². The van der Waals surface area contributed by atoms with Gasteiger partial charge in [0.15, 0.2) is 14.1 Å². The number of nitrogens with one attached hydrogen (secondary N) is 1. The number of carbonyl (C=O) groups excluding carboxylic acids is 3. The van der Waals surface area contributed by atoms with Crippen molar-refractivity contribution in [1.29, 1.82) is 0 Å². The van der Waals surface area contributed by atoms with E-state index < -0.39 is 20.0 Å². The first kappa shape index (κ1) is 23.9. The van der Waals surface area contributed by atoms with E-state index >= 15 is 0 Å². The molecule has 166 valence electrons. The standard InChI is InChI=1S/C21H38N2O5Si/c1-13(28-29(8,9)21(5,6)7)16-17(22-18(16)25)14-10-11-23(12-15(14)24)19(26)27-20(2,3)4/h13-14,16-17H,10-12H2,1-9H3,(H,22,25)/t13-,14+,16-,17+/m1/s1. The summed E-state index contributed by atoms with van der Waals surface area (Å²) in [5, 5.41) is 2.97. The maximum atomic E-state index is 12.8. The molecule has 2 fully saturated rings. The number of carbonyl (C=O) groups is 3. The van der Waals surface area contributed by atoms with Crippen molar-refractivity contribution in [3.63, 3.8) is 0 Å². The number of likely N-dealkylation sites (tertiary alicyclic amines) is 1. The van der Waals surface area contributed by atoms with Crippen LogP contribution in [0, 0.1) is 11.8 Å². The van der Waals surface area contributed by atoms with Crippen molar-refractivity contribution < 1.29 is 23.5 Å². The second-order valence-electron chi connectivity index (χ2n) is 10.9. The monoisotopic (exact) mass is 426 g/mol. The molecular weight excluding hydrogens is 388 g/mol. The van der Waals surface area contributed by atoms with Crippen LogP contribution >= 0.6 is 0 Å². The van der Waals surface area contributed by atoms with Crippen LogP contribution in [0.1, 0.15) is 54.9 Å². The first-order valence-corrected chi connectivity index (χ1v) is 13.4. The molecule has 0 aliphatic carbocycles. The lowest BCUT2D eigenvalue weighted by molar-refractivity contribution is -0.146. The Labute approximate surface area is 176 Å². The average molecular weight is 427 g/mol. The number of hydrogen-bond donors (Lipinski definition) is 1. The molecule has 0 spiro atoms. The number of nitrogens with zero attached hydrogens (tertiary/aromatic N) is 1. The average Bonchev–Trinajstić information content (AvgIpc) is 2.49. The van der Waals surface area contributed by atoms with Gasteiger partial charge >= 0.3 is 6.09 Å². The summed E-state index contributed by atoms with van der Waals surface area (Å²) in [5.74, 6) is -0.701. The summed E-state index contributed by atoms with van der Waals surface area (Å²) in [5.41, 5.74) is -0.597. The summed E-state index contributed by atoms with van der Waals surface area (Å²) in [4.78, 5) is 38.8. The number of hydrogen-bond acceptors (Lipinski definition) is 5. The van der Waals surface area contributed by atoms with Crippen molar-refractivity contribution >= 4 is 26.1 Å². The van der Waals surface area contributed by atoms with Gasteiger partial charge in [0.1, 0.15) is 5.60 Å². The predicted molar refractivity (Wildman–Crippen MR) is 114 cm³/mol. The van der Waals surface area contributed by atoms with Gasteiger partial charge in [-0.3, -0.25) is 9.59 Å². The van der Waals surface area contributed by atoms with Gasteiger partial charge in [-0.05, 0) is 52.2 Å². The van der Waals surface area contributed by atoms with E-state index in [9.17, 15) is 14.4 Å². The molecule has 2 aliphatic rings. The van der Waals surface area contributed by atoms with Gasteiger partial charge in [0, 0.05) is 12.5 Å². The number of β-lactam (4-membered cyclic amide) rings is 1. The van der Waals surface area contributed by atoms with Crippen molar-refractivity contribution in [2.45, 2.75) is 90.8 Å². The Balaban J connectivity index is 2.01. The Bertz CT molecular complexity index is 665. The fraction of sp³-hybridized carbons (Fsp3) is 0.857. The van der Waals surface area contributed by atoms with Crippen molar-refractivity contribution in [2.75, 3.05) is 13.1 Å². The summed E-state index contributed by atoms with van der Waals surface area (Å²) >= 11 is 0. The second-order valence-corrected chi connectivity index (χ2v) is 15.7. The first-order chi connectivity index (χ1) is 13.0. The molecule has 0 aromatic rings. The lowest BCUT2D eigenvalue weighted by Gasteiger charge is -2.48. The normalized spacial score (nSPS) is 27.2. The van der Waals surface area contributed by atoms with Gasteiger partial charge in [0.25, 0.3) is 0 Å². The van der Waals surface area contributed by atoms with E-state index in [1.54, 1.807) is 20.8 Å². The minimum absolute atomic E-state index is 0.0240. The highest BCUT2D eigenvalue weighted by molar-refractivity contribution is 6.74. The van der Waals surface area contributed by atoms with Crippen LogP contribution < -0.4 is 5.32 Å². The molecule has 2 amide bonds. The molecule has 2 heterocycles. The smallest absolute Gasteiger partial charge is 0.410 e. The molecule has 2 rings (SSSR count). The van der Waals surface area contributed by atoms with Gasteiger partial charge in [0.2, 0.25) is 5.91 Å². The second kappa shape index (κ2) is 8.02. The zero-order valence-electron chi connectivity index (χ0n) is 19.4. The van der Waals surface area contributed by atoms with Crippen molar-refractivity contribution in [2.24, 2.45) is 11.8 Å². The zero-order valence-corrected chi connectivity index (χ0v) is 20.4. The van der Waals surface area contributed by atoms with Crippen molar-refractivity contribution in [1.82, 2.24) is 10.2 Å². The molecule has 1 N–H and O–H groups in total. The summed E-state index contributed by atoms with van der Waals surface area (Å²) < 4.78 is 11.8. The molecule has 29 heavy (non-hydrogen) atoms. The Morgan fingerprint density at radius 3 is 2.21 bits per heavy atom. The highest BCUT2D eigenvalue weighted by Gasteiger charge is 2.52. The van der Waals surface area contributed by atoms with E-state index in [2.05, 4.69) is 39.2 Å². The van der Waals surface area contributed by atoms with Crippen LogP contribution in [0.3, 0.4) is 0 Å². The molecule has 4 atom stereocenters. The van der Waals surface area contributed by atoms with Gasteiger partial charge in [-0.1, -0.05) is 20.8 Å². The molecule has 2 aliphatic heterocycles. The molecule has 2 saturated heterocycles. The highest BCUT2D eigenvalue weighted by atomic mass is 28.4. The maximum Gasteiger partial charge on any atom is 0.410 e. The lowest BCUT2D eigenvalue weighted by Crippen LogP contribution is -2.68. The number of piperidine rings is 1. The number of ether oxygens (including phenoxy) is 1. The fourth-order valence-electron chi connectivity index (χ4n) is 3.69. The van der Waals surface area contributed by atoms with Crippen molar-refractivity contribution in [3.8, 4) is 0 Å². The van der Waals surface area contributed by atoms with E-state index in [1.807, 2.05) is 6.92 Å². The van der Waals surface area contributed by atoms with Gasteiger partial charge < -0.3 is 19.4 Å². The number of rotatable bonds is 4. The lowest BCUT2D eigenvalue weighted by atomic mass is 9.74. The molecule has 0 unspecified atom stereocenters. The van der Waals surface area contributed by atoms with E-state index in [0.717, 1.165) is 0 Å². The predicted octanol–water partition coefficient (Wildman–Crippen LogP) is 3.34. The minimum atomic E-state index is -2.02. The quantitative estimate of drug-likeness (QED) is 0.550. The maximum absolute atomic E-state index is 12.8. The topological polar surface area (TPSA) is 84.9 Å². The Hall–Kier alpha value is -1.41. The van der Waals surface area contributed by atoms with E-state index in [-0.39, 0.29) is 47.3 Å². The van der Waals surface area contributed by atoms with Crippen LogP contribution in [0.5, 0.6) is 0 Å². The largest absolute Gasteiger partial charge is 0.444 e. The number of Topliss-reactive ketones (excluding diaryl/α,β-unsaturated/α-hetero) is 1. The summed E-state index contributed by atoms with van der Waals surface area (Å²) in [7, 11) is -2.02. The molecule has 0 saturated carbocycles. The van der Waals surface area contributed by atoms with Crippen LogP contribution in [0.2, 0.25) is 18.1 Å². The zero-order chi connectivity index (χ0) is 22.4. The van der Waals surface area contributed by atoms with Crippen LogP contribution in [-0.2, 0) is 18.8 Å². The Morgan fingerprint density at radius 1 is 1.17 bits per heavy atom. The third kappa shape index (κ3) is 5.39. The van der Waals surface area contributed by atoms with Crippen LogP contribution in [0.25, 0.3) is 0 Å². The van der Waals surface area contributed by atoms with Crippen LogP contribution in [0.15, 0.2) is 0 Å². The Morgan fingerprint density at radius 2 is 1.76 bits per heavy atom. The summed E-state index contributed by atoms with van der Waals surface area (Å²) in [6, 6.07) is -0.226. The third-order valence-corrected chi connectivity index (χ3v) is 10.9. The first-order valence-electron chi connectivity index (χ1n) is 10.5.